The molecule has 9 heteroatoms. The first-order chi connectivity index (χ1) is 11.5. The van der Waals surface area contributed by atoms with Crippen LogP contribution < -0.4 is 15.4 Å². The standard InChI is InChI=1S/C16H23N3O4S.ClH/c20-16(18-10-12-8-17-9-12)13-3-5-15(6-4-13)24(21,22)19-11-14-2-1-7-23-14;/h3-6,12,14,17,19H,1-2,7-11H2,(H,18,20);1H. The Labute approximate surface area is 154 Å². The van der Waals surface area contributed by atoms with Gasteiger partial charge in [-0.1, -0.05) is 0 Å². The second kappa shape index (κ2) is 8.95. The van der Waals surface area contributed by atoms with Crippen molar-refractivity contribution < 1.29 is 17.9 Å². The highest BCUT2D eigenvalue weighted by Gasteiger charge is 2.21. The quantitative estimate of drug-likeness (QED) is 0.631. The summed E-state index contributed by atoms with van der Waals surface area (Å²) in [6.07, 6.45) is 1.79. The molecule has 1 aromatic carbocycles. The monoisotopic (exact) mass is 389 g/mol. The molecule has 0 saturated carbocycles. The van der Waals surface area contributed by atoms with E-state index < -0.39 is 10.0 Å². The number of sulfonamides is 1. The Hall–Kier alpha value is -1.19. The van der Waals surface area contributed by atoms with E-state index in [9.17, 15) is 13.2 Å². The van der Waals surface area contributed by atoms with E-state index in [1.54, 1.807) is 0 Å². The number of ether oxygens (including phenoxy) is 1. The van der Waals surface area contributed by atoms with Gasteiger partial charge in [-0.15, -0.1) is 12.4 Å². The SMILES string of the molecule is Cl.O=C(NCC1CNC1)c1ccc(S(=O)(=O)NCC2CCCO2)cc1. The lowest BCUT2D eigenvalue weighted by Crippen LogP contribution is -2.48. The molecule has 140 valence electrons. The molecule has 2 aliphatic heterocycles. The van der Waals surface area contributed by atoms with Crippen LogP contribution in [0.15, 0.2) is 29.2 Å². The molecular weight excluding hydrogens is 366 g/mol. The number of hydrogen-bond acceptors (Lipinski definition) is 5. The zero-order valence-electron chi connectivity index (χ0n) is 13.9. The van der Waals surface area contributed by atoms with Crippen molar-refractivity contribution in [1.29, 1.82) is 0 Å². The maximum atomic E-state index is 12.3. The molecule has 2 aliphatic rings. The molecule has 3 rings (SSSR count). The van der Waals surface area contributed by atoms with Crippen LogP contribution in [-0.2, 0) is 14.8 Å². The van der Waals surface area contributed by atoms with Crippen LogP contribution in [0, 0.1) is 5.92 Å². The van der Waals surface area contributed by atoms with Gasteiger partial charge < -0.3 is 15.4 Å². The first-order valence-electron chi connectivity index (χ1n) is 8.25. The Balaban J connectivity index is 0.00000225. The molecule has 0 radical (unpaired) electrons. The Kier molecular flexibility index (Phi) is 7.21. The van der Waals surface area contributed by atoms with Gasteiger partial charge in [0, 0.05) is 44.3 Å². The van der Waals surface area contributed by atoms with Gasteiger partial charge in [0.1, 0.15) is 0 Å². The number of amides is 1. The Morgan fingerprint density at radius 2 is 1.92 bits per heavy atom. The molecule has 25 heavy (non-hydrogen) atoms. The van der Waals surface area contributed by atoms with Crippen LogP contribution in [0.1, 0.15) is 23.2 Å². The van der Waals surface area contributed by atoms with Crippen molar-refractivity contribution in [3.8, 4) is 0 Å². The van der Waals surface area contributed by atoms with E-state index in [1.165, 1.54) is 24.3 Å². The lowest BCUT2D eigenvalue weighted by atomic mass is 10.0. The molecule has 2 saturated heterocycles. The number of nitrogens with one attached hydrogen (secondary N) is 3. The first kappa shape index (κ1) is 20.1. The van der Waals surface area contributed by atoms with Crippen molar-refractivity contribution in [1.82, 2.24) is 15.4 Å². The minimum Gasteiger partial charge on any atom is -0.377 e. The second-order valence-corrected chi connectivity index (χ2v) is 8.01. The molecule has 0 aromatic heterocycles. The largest absolute Gasteiger partial charge is 0.377 e. The van der Waals surface area contributed by atoms with E-state index in [4.69, 9.17) is 4.74 Å². The third-order valence-corrected chi connectivity index (χ3v) is 5.81. The van der Waals surface area contributed by atoms with Crippen LogP contribution in [0.2, 0.25) is 0 Å². The molecule has 0 spiro atoms. The average Bonchev–Trinajstić information content (AvgIpc) is 3.05. The highest BCUT2D eigenvalue weighted by molar-refractivity contribution is 7.89. The van der Waals surface area contributed by atoms with Gasteiger partial charge in [0.15, 0.2) is 0 Å². The molecular formula is C16H24ClN3O4S. The molecule has 2 heterocycles. The van der Waals surface area contributed by atoms with Gasteiger partial charge in [-0.25, -0.2) is 13.1 Å². The van der Waals surface area contributed by atoms with Gasteiger partial charge in [0.2, 0.25) is 10.0 Å². The van der Waals surface area contributed by atoms with Crippen molar-refractivity contribution in [3.05, 3.63) is 29.8 Å². The van der Waals surface area contributed by atoms with E-state index in [0.717, 1.165) is 25.9 Å². The van der Waals surface area contributed by atoms with Gasteiger partial charge in [-0.2, -0.15) is 0 Å². The van der Waals surface area contributed by atoms with Crippen LogP contribution in [0.3, 0.4) is 0 Å². The zero-order chi connectivity index (χ0) is 17.0. The molecule has 7 nitrogen and oxygen atoms in total. The third kappa shape index (κ3) is 5.39. The van der Waals surface area contributed by atoms with Crippen LogP contribution in [0.4, 0.5) is 0 Å². The maximum absolute atomic E-state index is 12.3. The average molecular weight is 390 g/mol. The molecule has 1 atom stereocenters. The van der Waals surface area contributed by atoms with Gasteiger partial charge in [-0.05, 0) is 37.1 Å². The minimum atomic E-state index is -3.58. The fourth-order valence-corrected chi connectivity index (χ4v) is 3.78. The topological polar surface area (TPSA) is 96.5 Å². The summed E-state index contributed by atoms with van der Waals surface area (Å²) in [6, 6.07) is 5.99. The zero-order valence-corrected chi connectivity index (χ0v) is 15.5. The van der Waals surface area contributed by atoms with Crippen molar-refractivity contribution in [3.63, 3.8) is 0 Å². The fraction of sp³-hybridized carbons (Fsp3) is 0.562. The molecule has 3 N–H and O–H groups in total. The minimum absolute atomic E-state index is 0. The summed E-state index contributed by atoms with van der Waals surface area (Å²) in [5.41, 5.74) is 0.459. The van der Waals surface area contributed by atoms with Gasteiger partial charge in [0.25, 0.3) is 5.91 Å². The predicted octanol–water partition coefficient (Wildman–Crippen LogP) is 0.515. The summed E-state index contributed by atoms with van der Waals surface area (Å²) in [5.74, 6) is 0.300. The lowest BCUT2D eigenvalue weighted by molar-refractivity contribution is 0.0942. The summed E-state index contributed by atoms with van der Waals surface area (Å²) < 4.78 is 32.5. The third-order valence-electron chi connectivity index (χ3n) is 4.37. The maximum Gasteiger partial charge on any atom is 0.251 e. The van der Waals surface area contributed by atoms with Gasteiger partial charge >= 0.3 is 0 Å². The van der Waals surface area contributed by atoms with Crippen LogP contribution >= 0.6 is 12.4 Å². The normalized spacial score (nSPS) is 20.6. The number of benzene rings is 1. The number of carbonyl (C=O) groups is 1. The lowest BCUT2D eigenvalue weighted by Gasteiger charge is -2.27. The predicted molar refractivity (Wildman–Crippen MR) is 96.5 cm³/mol. The van der Waals surface area contributed by atoms with E-state index in [0.29, 0.717) is 24.6 Å². The Morgan fingerprint density at radius 3 is 2.48 bits per heavy atom. The van der Waals surface area contributed by atoms with E-state index in [1.807, 2.05) is 0 Å². The second-order valence-electron chi connectivity index (χ2n) is 6.25. The first-order valence-corrected chi connectivity index (χ1v) is 9.73. The summed E-state index contributed by atoms with van der Waals surface area (Å²) in [6.45, 7) is 3.45. The van der Waals surface area contributed by atoms with E-state index in [2.05, 4.69) is 15.4 Å². The molecule has 1 unspecified atom stereocenters. The Morgan fingerprint density at radius 1 is 1.20 bits per heavy atom. The van der Waals surface area contributed by atoms with Crippen molar-refractivity contribution in [2.24, 2.45) is 5.92 Å². The van der Waals surface area contributed by atoms with Crippen LogP contribution in [-0.4, -0.2) is 53.2 Å². The molecule has 0 aliphatic carbocycles. The number of rotatable bonds is 7. The van der Waals surface area contributed by atoms with Gasteiger partial charge in [0.05, 0.1) is 11.0 Å². The van der Waals surface area contributed by atoms with Gasteiger partial charge in [-0.3, -0.25) is 4.79 Å². The van der Waals surface area contributed by atoms with Crippen molar-refractivity contribution >= 4 is 28.3 Å². The molecule has 1 aromatic rings. The number of hydrogen-bond donors (Lipinski definition) is 3. The highest BCUT2D eigenvalue weighted by atomic mass is 35.5. The summed E-state index contributed by atoms with van der Waals surface area (Å²) in [4.78, 5) is 12.2. The number of halogens is 1. The van der Waals surface area contributed by atoms with Crippen LogP contribution in [0.25, 0.3) is 0 Å². The Bertz CT molecular complexity index is 671. The smallest absolute Gasteiger partial charge is 0.251 e. The highest BCUT2D eigenvalue weighted by Crippen LogP contribution is 2.14. The summed E-state index contributed by atoms with van der Waals surface area (Å²) in [5, 5.41) is 6.01. The summed E-state index contributed by atoms with van der Waals surface area (Å²) in [7, 11) is -3.58. The van der Waals surface area contributed by atoms with E-state index >= 15 is 0 Å². The van der Waals surface area contributed by atoms with Crippen molar-refractivity contribution in [2.45, 2.75) is 23.8 Å². The van der Waals surface area contributed by atoms with Crippen LogP contribution in [0.5, 0.6) is 0 Å². The molecule has 1 amide bonds. The molecule has 2 fully saturated rings. The summed E-state index contributed by atoms with van der Waals surface area (Å²) >= 11 is 0. The van der Waals surface area contributed by atoms with Crippen molar-refractivity contribution in [2.75, 3.05) is 32.8 Å². The number of carbonyl (C=O) groups excluding carboxylic acids is 1. The molecule has 0 bridgehead atoms. The fourth-order valence-electron chi connectivity index (χ4n) is 2.71. The van der Waals surface area contributed by atoms with E-state index in [-0.39, 0.29) is 35.9 Å².